The monoisotopic (exact) mass is 915 g/mol. The zero-order valence-corrected chi connectivity index (χ0v) is 46.8. The highest BCUT2D eigenvalue weighted by Crippen LogP contribution is 2.53. The van der Waals surface area contributed by atoms with Crippen molar-refractivity contribution < 1.29 is 0 Å². The van der Waals surface area contributed by atoms with Gasteiger partial charge in [-0.25, -0.2) is 0 Å². The Balaban J connectivity index is 0. The van der Waals surface area contributed by atoms with Gasteiger partial charge in [0.15, 0.2) is 0 Å². The van der Waals surface area contributed by atoms with E-state index in [2.05, 4.69) is 193 Å². The van der Waals surface area contributed by atoms with Crippen molar-refractivity contribution in [1.29, 1.82) is 0 Å². The number of benzene rings is 8. The lowest BCUT2D eigenvalue weighted by Crippen LogP contribution is -2.14. The Morgan fingerprint density at radius 3 is 1.15 bits per heavy atom. The second kappa shape index (κ2) is 38.9. The average molecular weight is 915 g/mol. The standard InChI is InChI=1S/C46H34N2.10C2H6/c1-47(36-19-4-2-5-20-36)41-29-27-32-15-8-11-23-38(32)45(41)46-39-24-12-9-16-33(39)28-30-43(46)48(37-21-6-3-7-22-37)42-26-14-18-35-31-34-17-10-13-25-40(34)44(35)42;10*1-2/h2-30H,31H2,1H3;10*1-2H3. The van der Waals surface area contributed by atoms with Gasteiger partial charge in [0.25, 0.3) is 0 Å². The van der Waals surface area contributed by atoms with E-state index in [-0.39, 0.29) is 0 Å². The van der Waals surface area contributed by atoms with Crippen LogP contribution < -0.4 is 9.80 Å². The van der Waals surface area contributed by atoms with E-state index in [1.165, 1.54) is 60.6 Å². The molecule has 1 aliphatic carbocycles. The van der Waals surface area contributed by atoms with Gasteiger partial charge in [0.1, 0.15) is 0 Å². The second-order valence-electron chi connectivity index (χ2n) is 12.6. The molecule has 0 saturated carbocycles. The first kappa shape index (κ1) is 64.0. The maximum atomic E-state index is 2.50. The van der Waals surface area contributed by atoms with Crippen molar-refractivity contribution in [2.24, 2.45) is 0 Å². The summed E-state index contributed by atoms with van der Waals surface area (Å²) in [6, 6.07) is 64.0. The molecule has 0 bridgehead atoms. The fraction of sp³-hybridized carbons (Fsp3) is 0.333. The van der Waals surface area contributed by atoms with E-state index in [1.54, 1.807) is 0 Å². The Bertz CT molecular complexity index is 2450. The van der Waals surface area contributed by atoms with Crippen LogP contribution in [0.5, 0.6) is 0 Å². The molecule has 0 heterocycles. The predicted octanol–water partition coefficient (Wildman–Crippen LogP) is 22.7. The van der Waals surface area contributed by atoms with Gasteiger partial charge in [0, 0.05) is 40.8 Å². The topological polar surface area (TPSA) is 6.48 Å². The number of anilines is 5. The Labute approximate surface area is 419 Å². The summed E-state index contributed by atoms with van der Waals surface area (Å²) >= 11 is 0. The molecule has 0 N–H and O–H groups in total. The third kappa shape index (κ3) is 15.7. The van der Waals surface area contributed by atoms with Crippen LogP contribution in [0.3, 0.4) is 0 Å². The van der Waals surface area contributed by atoms with Crippen molar-refractivity contribution in [2.45, 2.75) is 145 Å². The smallest absolute Gasteiger partial charge is 0.0547 e. The highest BCUT2D eigenvalue weighted by Gasteiger charge is 2.28. The van der Waals surface area contributed by atoms with E-state index in [0.29, 0.717) is 0 Å². The van der Waals surface area contributed by atoms with Crippen molar-refractivity contribution in [3.05, 3.63) is 187 Å². The van der Waals surface area contributed by atoms with Crippen LogP contribution in [0.15, 0.2) is 176 Å². The van der Waals surface area contributed by atoms with E-state index in [9.17, 15) is 0 Å². The molecule has 9 rings (SSSR count). The zero-order valence-electron chi connectivity index (χ0n) is 46.8. The Hall–Kier alpha value is -6.12. The summed E-state index contributed by atoms with van der Waals surface area (Å²) in [7, 11) is 2.18. The summed E-state index contributed by atoms with van der Waals surface area (Å²) < 4.78 is 0. The number of hydrogen-bond donors (Lipinski definition) is 0. The van der Waals surface area contributed by atoms with Gasteiger partial charge in [-0.2, -0.15) is 0 Å². The summed E-state index contributed by atoms with van der Waals surface area (Å²) in [5, 5.41) is 4.89. The van der Waals surface area contributed by atoms with Crippen LogP contribution in [0, 0.1) is 0 Å². The largest absolute Gasteiger partial charge is 0.344 e. The van der Waals surface area contributed by atoms with Crippen molar-refractivity contribution in [2.75, 3.05) is 16.8 Å². The molecule has 0 saturated heterocycles. The molecule has 1 aliphatic rings. The summed E-state index contributed by atoms with van der Waals surface area (Å²) in [5.74, 6) is 0. The van der Waals surface area contributed by atoms with Crippen LogP contribution in [-0.2, 0) is 6.42 Å². The molecule has 0 spiro atoms. The van der Waals surface area contributed by atoms with E-state index in [0.717, 1.165) is 29.2 Å². The minimum absolute atomic E-state index is 0.946. The zero-order chi connectivity index (χ0) is 52.0. The van der Waals surface area contributed by atoms with Gasteiger partial charge >= 0.3 is 0 Å². The lowest BCUT2D eigenvalue weighted by Gasteiger charge is -2.32. The van der Waals surface area contributed by atoms with E-state index < -0.39 is 0 Å². The molecule has 0 fully saturated rings. The molecule has 0 radical (unpaired) electrons. The Kier molecular flexibility index (Phi) is 36.6. The molecule has 0 unspecified atom stereocenters. The number of para-hydroxylation sites is 2. The molecule has 68 heavy (non-hydrogen) atoms. The third-order valence-corrected chi connectivity index (χ3v) is 9.86. The minimum Gasteiger partial charge on any atom is -0.344 e. The molecular weight excluding hydrogens is 821 g/mol. The van der Waals surface area contributed by atoms with Gasteiger partial charge in [-0.05, 0) is 87.1 Å². The molecule has 8 aromatic carbocycles. The van der Waals surface area contributed by atoms with Gasteiger partial charge in [-0.3, -0.25) is 0 Å². The van der Waals surface area contributed by atoms with E-state index in [4.69, 9.17) is 0 Å². The SMILES string of the molecule is CC.CC.CC.CC.CC.CC.CC.CC.CC.CC.CN(c1ccccc1)c1ccc2ccccc2c1-c1c(N(c2ccccc2)c2cccc3c2-c2ccccc2C3)ccc2ccccc12. The highest BCUT2D eigenvalue weighted by molar-refractivity contribution is 6.15. The molecule has 0 aliphatic heterocycles. The van der Waals surface area contributed by atoms with Crippen LogP contribution in [0.1, 0.15) is 150 Å². The van der Waals surface area contributed by atoms with E-state index >= 15 is 0 Å². The first-order valence-electron chi connectivity index (χ1n) is 26.6. The number of hydrogen-bond acceptors (Lipinski definition) is 2. The van der Waals surface area contributed by atoms with Gasteiger partial charge in [0.2, 0.25) is 0 Å². The lowest BCUT2D eigenvalue weighted by atomic mass is 9.89. The van der Waals surface area contributed by atoms with Gasteiger partial charge in [-0.1, -0.05) is 272 Å². The average Bonchev–Trinajstić information content (AvgIpc) is 3.86. The third-order valence-electron chi connectivity index (χ3n) is 9.86. The second-order valence-corrected chi connectivity index (χ2v) is 12.6. The van der Waals surface area contributed by atoms with Crippen LogP contribution in [0.2, 0.25) is 0 Å². The van der Waals surface area contributed by atoms with Crippen LogP contribution in [0.25, 0.3) is 43.8 Å². The van der Waals surface area contributed by atoms with Crippen molar-refractivity contribution in [3.8, 4) is 22.3 Å². The highest BCUT2D eigenvalue weighted by atomic mass is 15.2. The summed E-state index contributed by atoms with van der Waals surface area (Å²) in [6.07, 6.45) is 0.946. The molecule has 2 heteroatoms. The molecule has 2 nitrogen and oxygen atoms in total. The molecule has 0 atom stereocenters. The maximum Gasteiger partial charge on any atom is 0.0547 e. The first-order valence-corrected chi connectivity index (χ1v) is 26.6. The molecule has 8 aromatic rings. The summed E-state index contributed by atoms with van der Waals surface area (Å²) in [6.45, 7) is 40.0. The van der Waals surface area contributed by atoms with Crippen molar-refractivity contribution >= 4 is 50.0 Å². The number of rotatable bonds is 6. The van der Waals surface area contributed by atoms with Crippen molar-refractivity contribution in [1.82, 2.24) is 0 Å². The van der Waals surface area contributed by atoms with Gasteiger partial charge in [0.05, 0.1) is 11.4 Å². The summed E-state index contributed by atoms with van der Waals surface area (Å²) in [5.41, 5.74) is 13.6. The Morgan fingerprint density at radius 1 is 0.279 bits per heavy atom. The quantitative estimate of drug-likeness (QED) is 0.164. The molecule has 0 amide bonds. The van der Waals surface area contributed by atoms with Crippen molar-refractivity contribution in [3.63, 3.8) is 0 Å². The predicted molar refractivity (Wildman–Crippen MR) is 318 cm³/mol. The molecule has 368 valence electrons. The number of nitrogens with zero attached hydrogens (tertiary/aromatic N) is 2. The van der Waals surface area contributed by atoms with E-state index in [1.807, 2.05) is 138 Å². The van der Waals surface area contributed by atoms with Gasteiger partial charge in [-0.15, -0.1) is 0 Å². The fourth-order valence-corrected chi connectivity index (χ4v) is 7.64. The van der Waals surface area contributed by atoms with Crippen LogP contribution >= 0.6 is 0 Å². The molecular formula is C66H94N2. The minimum atomic E-state index is 0.946. The van der Waals surface area contributed by atoms with Crippen LogP contribution in [-0.4, -0.2) is 7.05 Å². The van der Waals surface area contributed by atoms with Crippen LogP contribution in [0.4, 0.5) is 28.4 Å². The fourth-order valence-electron chi connectivity index (χ4n) is 7.64. The first-order chi connectivity index (χ1) is 33.8. The Morgan fingerprint density at radius 2 is 0.647 bits per heavy atom. The normalized spacial score (nSPS) is 9.19. The number of fused-ring (bicyclic) bond motifs is 5. The maximum absolute atomic E-state index is 2.50. The lowest BCUT2D eigenvalue weighted by molar-refractivity contribution is 1.21. The molecule has 0 aromatic heterocycles. The summed E-state index contributed by atoms with van der Waals surface area (Å²) in [4.78, 5) is 4.83. The van der Waals surface area contributed by atoms with Gasteiger partial charge < -0.3 is 9.80 Å².